The molecule has 0 amide bonds. The van der Waals surface area contributed by atoms with Crippen LogP contribution >= 0.6 is 7.82 Å². The molecule has 0 radical (unpaired) electrons. The standard InChI is InChI=1S/C45H86NO10P/c1-3-5-7-9-11-13-15-16-17-18-19-20-21-22-23-24-25-27-29-31-33-35-37-44(48)56-41(39-54-57(51,52)55-40-42(46)45(49)50)38-53-43(47)36-34-32-30-28-26-14-12-10-8-6-4-2/h10,12,41-42H,3-9,11,13-40,46H2,1-2H3,(H,49,50)(H,51,52)/b12-10+/t41-,42-/m0/s1. The minimum absolute atomic E-state index is 0.166. The largest absolute Gasteiger partial charge is 0.480 e. The van der Waals surface area contributed by atoms with Gasteiger partial charge in [0.1, 0.15) is 12.6 Å². The van der Waals surface area contributed by atoms with Crippen molar-refractivity contribution in [1.82, 2.24) is 0 Å². The second kappa shape index (κ2) is 41.0. The zero-order valence-electron chi connectivity index (χ0n) is 36.5. The Bertz CT molecular complexity index is 1030. The lowest BCUT2D eigenvalue weighted by Gasteiger charge is -2.20. The number of phosphoric acid groups is 1. The molecule has 57 heavy (non-hydrogen) atoms. The molecule has 12 heteroatoms. The first-order chi connectivity index (χ1) is 27.6. The summed E-state index contributed by atoms with van der Waals surface area (Å²) >= 11 is 0. The molecule has 4 N–H and O–H groups in total. The summed E-state index contributed by atoms with van der Waals surface area (Å²) in [7, 11) is -4.71. The number of phosphoric ester groups is 1. The molecule has 0 aromatic carbocycles. The van der Waals surface area contributed by atoms with Crippen LogP contribution < -0.4 is 5.73 Å². The van der Waals surface area contributed by atoms with Crippen LogP contribution in [0, 0.1) is 0 Å². The van der Waals surface area contributed by atoms with Crippen LogP contribution in [0.4, 0.5) is 0 Å². The highest BCUT2D eigenvalue weighted by atomic mass is 31.2. The number of unbranched alkanes of at least 4 members (excludes halogenated alkanes) is 28. The summed E-state index contributed by atoms with van der Waals surface area (Å²) in [4.78, 5) is 45.9. The number of carbonyl (C=O) groups excluding carboxylic acids is 2. The zero-order chi connectivity index (χ0) is 42.1. The Morgan fingerprint density at radius 1 is 0.526 bits per heavy atom. The smallest absolute Gasteiger partial charge is 0.472 e. The van der Waals surface area contributed by atoms with Gasteiger partial charge in [-0.1, -0.05) is 193 Å². The van der Waals surface area contributed by atoms with Crippen LogP contribution in [0.1, 0.15) is 226 Å². The van der Waals surface area contributed by atoms with Crippen LogP contribution in [0.15, 0.2) is 12.2 Å². The average Bonchev–Trinajstić information content (AvgIpc) is 3.19. The molecule has 0 rings (SSSR count). The van der Waals surface area contributed by atoms with Crippen molar-refractivity contribution in [2.75, 3.05) is 19.8 Å². The Labute approximate surface area is 348 Å². The third-order valence-electron chi connectivity index (χ3n) is 10.3. The Balaban J connectivity index is 4.20. The molecular formula is C45H86NO10P. The van der Waals surface area contributed by atoms with Gasteiger partial charge >= 0.3 is 25.7 Å². The monoisotopic (exact) mass is 832 g/mol. The molecule has 0 aromatic heterocycles. The highest BCUT2D eigenvalue weighted by Gasteiger charge is 2.28. The van der Waals surface area contributed by atoms with Crippen molar-refractivity contribution in [2.24, 2.45) is 5.73 Å². The maximum absolute atomic E-state index is 12.6. The number of rotatable bonds is 44. The molecule has 0 saturated heterocycles. The fourth-order valence-corrected chi connectivity index (χ4v) is 7.36. The van der Waals surface area contributed by atoms with Gasteiger partial charge in [-0.15, -0.1) is 0 Å². The second-order valence-electron chi connectivity index (χ2n) is 15.9. The van der Waals surface area contributed by atoms with Crippen LogP contribution in [0.3, 0.4) is 0 Å². The van der Waals surface area contributed by atoms with Gasteiger partial charge in [0.2, 0.25) is 0 Å². The third-order valence-corrected chi connectivity index (χ3v) is 11.2. The van der Waals surface area contributed by atoms with E-state index < -0.39 is 51.1 Å². The van der Waals surface area contributed by atoms with E-state index in [9.17, 15) is 23.8 Å². The maximum Gasteiger partial charge on any atom is 0.472 e. The molecule has 0 fully saturated rings. The lowest BCUT2D eigenvalue weighted by molar-refractivity contribution is -0.161. The van der Waals surface area contributed by atoms with Crippen LogP contribution in [0.2, 0.25) is 0 Å². The van der Waals surface area contributed by atoms with Crippen molar-refractivity contribution < 1.29 is 47.5 Å². The predicted molar refractivity (Wildman–Crippen MR) is 231 cm³/mol. The minimum Gasteiger partial charge on any atom is -0.480 e. The molecule has 0 aliphatic heterocycles. The first-order valence-corrected chi connectivity index (χ1v) is 24.7. The summed E-state index contributed by atoms with van der Waals surface area (Å²) in [5, 5.41) is 8.89. The molecule has 336 valence electrons. The summed E-state index contributed by atoms with van der Waals surface area (Å²) in [6.45, 7) is 2.78. The van der Waals surface area contributed by atoms with Crippen LogP contribution in [-0.2, 0) is 37.5 Å². The normalized spacial score (nSPS) is 13.8. The van der Waals surface area contributed by atoms with Crippen molar-refractivity contribution in [3.8, 4) is 0 Å². The second-order valence-corrected chi connectivity index (χ2v) is 17.3. The Morgan fingerprint density at radius 3 is 1.33 bits per heavy atom. The van der Waals surface area contributed by atoms with Crippen LogP contribution in [0.5, 0.6) is 0 Å². The number of hydrogen-bond acceptors (Lipinski definition) is 9. The maximum atomic E-state index is 12.6. The summed E-state index contributed by atoms with van der Waals surface area (Å²) in [5.74, 6) is -2.38. The van der Waals surface area contributed by atoms with Crippen molar-refractivity contribution in [3.05, 3.63) is 12.2 Å². The van der Waals surface area contributed by atoms with Gasteiger partial charge in [-0.25, -0.2) is 4.57 Å². The zero-order valence-corrected chi connectivity index (χ0v) is 37.3. The summed E-state index contributed by atoms with van der Waals surface area (Å²) in [6, 6.07) is -1.52. The summed E-state index contributed by atoms with van der Waals surface area (Å²) in [5.41, 5.74) is 5.33. The number of nitrogens with two attached hydrogens (primary N) is 1. The number of esters is 2. The average molecular weight is 832 g/mol. The molecule has 0 bridgehead atoms. The number of carboxylic acid groups (broad SMARTS) is 1. The number of ether oxygens (including phenoxy) is 2. The fourth-order valence-electron chi connectivity index (χ4n) is 6.58. The van der Waals surface area contributed by atoms with E-state index in [0.29, 0.717) is 12.8 Å². The Hall–Kier alpha value is -1.78. The number of allylic oxidation sites excluding steroid dienone is 2. The molecule has 0 aliphatic carbocycles. The van der Waals surface area contributed by atoms with Gasteiger partial charge < -0.3 is 25.2 Å². The lowest BCUT2D eigenvalue weighted by atomic mass is 10.0. The Kier molecular flexibility index (Phi) is 39.7. The van der Waals surface area contributed by atoms with E-state index >= 15 is 0 Å². The highest BCUT2D eigenvalue weighted by Crippen LogP contribution is 2.43. The van der Waals surface area contributed by atoms with Crippen molar-refractivity contribution >= 4 is 25.7 Å². The van der Waals surface area contributed by atoms with Crippen molar-refractivity contribution in [3.63, 3.8) is 0 Å². The van der Waals surface area contributed by atoms with Gasteiger partial charge in [0.15, 0.2) is 6.10 Å². The van der Waals surface area contributed by atoms with Crippen molar-refractivity contribution in [1.29, 1.82) is 0 Å². The lowest BCUT2D eigenvalue weighted by Crippen LogP contribution is -2.34. The molecular weight excluding hydrogens is 745 g/mol. The van der Waals surface area contributed by atoms with Gasteiger partial charge in [0.05, 0.1) is 13.2 Å². The van der Waals surface area contributed by atoms with Crippen LogP contribution in [-0.4, -0.2) is 59.9 Å². The number of carboxylic acids is 1. The quantitative estimate of drug-likeness (QED) is 0.0231. The highest BCUT2D eigenvalue weighted by molar-refractivity contribution is 7.47. The number of aliphatic carboxylic acids is 1. The molecule has 0 saturated carbocycles. The molecule has 0 spiro atoms. The molecule has 3 atom stereocenters. The molecule has 1 unspecified atom stereocenters. The Morgan fingerprint density at radius 2 is 0.895 bits per heavy atom. The first-order valence-electron chi connectivity index (χ1n) is 23.2. The van der Waals surface area contributed by atoms with E-state index in [1.807, 2.05) is 0 Å². The van der Waals surface area contributed by atoms with E-state index in [2.05, 4.69) is 30.5 Å². The van der Waals surface area contributed by atoms with Gasteiger partial charge in [0.25, 0.3) is 0 Å². The SMILES string of the molecule is CCCC/C=C/CCCCCCCC(=O)OC[C@@H](COP(=O)(O)OC[C@H](N)C(=O)O)OC(=O)CCCCCCCCCCCCCCCCCCCCCCCC. The molecule has 11 nitrogen and oxygen atoms in total. The van der Waals surface area contributed by atoms with E-state index in [0.717, 1.165) is 57.8 Å². The van der Waals surface area contributed by atoms with E-state index in [-0.39, 0.29) is 19.4 Å². The van der Waals surface area contributed by atoms with E-state index in [1.165, 1.54) is 128 Å². The van der Waals surface area contributed by atoms with Gasteiger partial charge in [-0.05, 0) is 32.1 Å². The number of hydrogen-bond donors (Lipinski definition) is 3. The molecule has 0 aliphatic rings. The topological polar surface area (TPSA) is 172 Å². The van der Waals surface area contributed by atoms with Crippen molar-refractivity contribution in [2.45, 2.75) is 238 Å². The number of carbonyl (C=O) groups is 3. The van der Waals surface area contributed by atoms with Crippen LogP contribution in [0.25, 0.3) is 0 Å². The minimum atomic E-state index is -4.71. The summed E-state index contributed by atoms with van der Waals surface area (Å²) in [6.07, 6.45) is 41.4. The fraction of sp³-hybridized carbons (Fsp3) is 0.889. The van der Waals surface area contributed by atoms with Gasteiger partial charge in [-0.3, -0.25) is 23.4 Å². The van der Waals surface area contributed by atoms with E-state index in [4.69, 9.17) is 24.8 Å². The first kappa shape index (κ1) is 55.2. The third kappa shape index (κ3) is 40.8. The molecule has 0 aromatic rings. The van der Waals surface area contributed by atoms with E-state index in [1.54, 1.807) is 0 Å². The predicted octanol–water partition coefficient (Wildman–Crippen LogP) is 12.5. The summed E-state index contributed by atoms with van der Waals surface area (Å²) < 4.78 is 32.7. The van der Waals surface area contributed by atoms with Gasteiger partial charge in [0, 0.05) is 12.8 Å². The van der Waals surface area contributed by atoms with Gasteiger partial charge in [-0.2, -0.15) is 0 Å². The molecule has 0 heterocycles.